The van der Waals surface area contributed by atoms with Gasteiger partial charge in [0.1, 0.15) is 5.75 Å². The first-order valence-electron chi connectivity index (χ1n) is 5.23. The van der Waals surface area contributed by atoms with E-state index in [0.29, 0.717) is 6.61 Å². The molecule has 0 bridgehead atoms. The van der Waals surface area contributed by atoms with Gasteiger partial charge in [0, 0.05) is 25.1 Å². The largest absolute Gasteiger partial charge is 0.493 e. The summed E-state index contributed by atoms with van der Waals surface area (Å²) in [4.78, 5) is 10.8. The lowest BCUT2D eigenvalue weighted by atomic mass is 10.2. The fourth-order valence-corrected chi connectivity index (χ4v) is 1.13. The fraction of sp³-hybridized carbons (Fsp3) is 0.417. The number of ether oxygens (including phenoxy) is 1. The first-order chi connectivity index (χ1) is 7.61. The van der Waals surface area contributed by atoms with Crippen LogP contribution in [0.4, 0.5) is 5.69 Å². The van der Waals surface area contributed by atoms with Gasteiger partial charge in [-0.15, -0.1) is 0 Å². The van der Waals surface area contributed by atoms with Gasteiger partial charge in [0.25, 0.3) is 0 Å². The Morgan fingerprint density at radius 2 is 2.06 bits per heavy atom. The molecule has 0 saturated heterocycles. The van der Waals surface area contributed by atoms with Crippen LogP contribution in [0.25, 0.3) is 0 Å². The van der Waals surface area contributed by atoms with E-state index in [0.717, 1.165) is 11.4 Å². The van der Waals surface area contributed by atoms with Gasteiger partial charge in [-0.05, 0) is 24.3 Å². The second-order valence-corrected chi connectivity index (χ2v) is 3.80. The molecule has 0 radical (unpaired) electrons. The molecule has 1 rings (SSSR count). The van der Waals surface area contributed by atoms with Gasteiger partial charge in [-0.3, -0.25) is 4.79 Å². The number of aliphatic hydroxyl groups excluding tert-OH is 1. The van der Waals surface area contributed by atoms with E-state index < -0.39 is 0 Å². The van der Waals surface area contributed by atoms with Crippen molar-refractivity contribution in [2.24, 2.45) is 5.92 Å². The van der Waals surface area contributed by atoms with Gasteiger partial charge in [0.2, 0.25) is 5.91 Å². The van der Waals surface area contributed by atoms with Crippen molar-refractivity contribution in [1.82, 2.24) is 0 Å². The molecule has 0 aromatic heterocycles. The number of anilines is 1. The molecule has 0 aliphatic rings. The molecule has 1 atom stereocenters. The number of nitrogens with one attached hydrogen (secondary N) is 1. The van der Waals surface area contributed by atoms with E-state index in [1.807, 2.05) is 6.92 Å². The summed E-state index contributed by atoms with van der Waals surface area (Å²) in [7, 11) is 0. The average Bonchev–Trinajstić information content (AvgIpc) is 2.27. The summed E-state index contributed by atoms with van der Waals surface area (Å²) < 4.78 is 5.45. The maximum Gasteiger partial charge on any atom is 0.221 e. The Kier molecular flexibility index (Phi) is 4.79. The summed E-state index contributed by atoms with van der Waals surface area (Å²) in [5, 5.41) is 11.5. The summed E-state index contributed by atoms with van der Waals surface area (Å²) in [5.41, 5.74) is 0.745. The number of rotatable bonds is 5. The van der Waals surface area contributed by atoms with Crippen molar-refractivity contribution < 1.29 is 14.6 Å². The van der Waals surface area contributed by atoms with Gasteiger partial charge in [0.05, 0.1) is 6.61 Å². The van der Waals surface area contributed by atoms with E-state index >= 15 is 0 Å². The standard InChI is InChI=1S/C12H17NO3/c1-9(7-14)8-16-12-5-3-11(4-6-12)13-10(2)15/h3-6,9,14H,7-8H2,1-2H3,(H,13,15). The van der Waals surface area contributed by atoms with Crippen LogP contribution in [0.5, 0.6) is 5.75 Å². The van der Waals surface area contributed by atoms with Gasteiger partial charge < -0.3 is 15.2 Å². The maximum atomic E-state index is 10.8. The van der Waals surface area contributed by atoms with E-state index in [2.05, 4.69) is 5.32 Å². The van der Waals surface area contributed by atoms with Crippen LogP contribution in [0.3, 0.4) is 0 Å². The molecule has 0 aliphatic carbocycles. The molecule has 4 nitrogen and oxygen atoms in total. The number of amides is 1. The Balaban J connectivity index is 2.48. The normalized spacial score (nSPS) is 11.9. The molecule has 1 aromatic rings. The minimum atomic E-state index is -0.0948. The van der Waals surface area contributed by atoms with Crippen molar-refractivity contribution >= 4 is 11.6 Å². The monoisotopic (exact) mass is 223 g/mol. The molecule has 16 heavy (non-hydrogen) atoms. The number of hydrogen-bond donors (Lipinski definition) is 2. The van der Waals surface area contributed by atoms with Crippen molar-refractivity contribution in [2.75, 3.05) is 18.5 Å². The van der Waals surface area contributed by atoms with Crippen molar-refractivity contribution in [3.8, 4) is 5.75 Å². The zero-order valence-electron chi connectivity index (χ0n) is 9.56. The lowest BCUT2D eigenvalue weighted by Gasteiger charge is -2.10. The Morgan fingerprint density at radius 1 is 1.44 bits per heavy atom. The molecule has 4 heteroatoms. The quantitative estimate of drug-likeness (QED) is 0.798. The summed E-state index contributed by atoms with van der Waals surface area (Å²) in [6.45, 7) is 3.97. The Hall–Kier alpha value is -1.55. The molecule has 0 aliphatic heterocycles. The first kappa shape index (κ1) is 12.5. The van der Waals surface area contributed by atoms with Gasteiger partial charge in [-0.2, -0.15) is 0 Å². The van der Waals surface area contributed by atoms with E-state index in [1.165, 1.54) is 6.92 Å². The maximum absolute atomic E-state index is 10.8. The topological polar surface area (TPSA) is 58.6 Å². The Labute approximate surface area is 95.2 Å². The zero-order chi connectivity index (χ0) is 12.0. The van der Waals surface area contributed by atoms with E-state index in [1.54, 1.807) is 24.3 Å². The van der Waals surface area contributed by atoms with Crippen LogP contribution in [0, 0.1) is 5.92 Å². The smallest absolute Gasteiger partial charge is 0.221 e. The molecule has 1 amide bonds. The van der Waals surface area contributed by atoms with Crippen molar-refractivity contribution in [3.05, 3.63) is 24.3 Å². The van der Waals surface area contributed by atoms with Crippen molar-refractivity contribution in [2.45, 2.75) is 13.8 Å². The first-order valence-corrected chi connectivity index (χ1v) is 5.23. The second kappa shape index (κ2) is 6.12. The van der Waals surface area contributed by atoms with Crippen LogP contribution >= 0.6 is 0 Å². The predicted octanol–water partition coefficient (Wildman–Crippen LogP) is 1.65. The zero-order valence-corrected chi connectivity index (χ0v) is 9.56. The number of benzene rings is 1. The summed E-state index contributed by atoms with van der Waals surface area (Å²) in [5.74, 6) is 0.756. The highest BCUT2D eigenvalue weighted by molar-refractivity contribution is 5.88. The van der Waals surface area contributed by atoms with Gasteiger partial charge in [-0.1, -0.05) is 6.92 Å². The van der Waals surface area contributed by atoms with Gasteiger partial charge in [0.15, 0.2) is 0 Å². The predicted molar refractivity (Wildman–Crippen MR) is 62.5 cm³/mol. The lowest BCUT2D eigenvalue weighted by Crippen LogP contribution is -2.12. The second-order valence-electron chi connectivity index (χ2n) is 3.80. The molecule has 0 heterocycles. The van der Waals surface area contributed by atoms with Crippen molar-refractivity contribution in [1.29, 1.82) is 0 Å². The molecule has 88 valence electrons. The van der Waals surface area contributed by atoms with Gasteiger partial charge >= 0.3 is 0 Å². The fourth-order valence-electron chi connectivity index (χ4n) is 1.13. The Bertz CT molecular complexity index is 335. The highest BCUT2D eigenvalue weighted by Crippen LogP contribution is 2.16. The molecule has 2 N–H and O–H groups in total. The molecule has 0 fully saturated rings. The molecular weight excluding hydrogens is 206 g/mol. The third kappa shape index (κ3) is 4.31. The minimum absolute atomic E-state index is 0.0948. The average molecular weight is 223 g/mol. The van der Waals surface area contributed by atoms with E-state index in [4.69, 9.17) is 9.84 Å². The van der Waals surface area contributed by atoms with Crippen LogP contribution in [0.15, 0.2) is 24.3 Å². The van der Waals surface area contributed by atoms with Crippen molar-refractivity contribution in [3.63, 3.8) is 0 Å². The minimum Gasteiger partial charge on any atom is -0.493 e. The number of hydrogen-bond acceptors (Lipinski definition) is 3. The molecule has 1 aromatic carbocycles. The third-order valence-electron chi connectivity index (χ3n) is 2.02. The van der Waals surface area contributed by atoms with Gasteiger partial charge in [-0.25, -0.2) is 0 Å². The number of carbonyl (C=O) groups excluding carboxylic acids is 1. The van der Waals surface area contributed by atoms with E-state index in [-0.39, 0.29) is 18.4 Å². The SMILES string of the molecule is CC(=O)Nc1ccc(OCC(C)CO)cc1. The molecule has 1 unspecified atom stereocenters. The van der Waals surface area contributed by atoms with Crippen LogP contribution in [0.1, 0.15) is 13.8 Å². The third-order valence-corrected chi connectivity index (χ3v) is 2.02. The highest BCUT2D eigenvalue weighted by atomic mass is 16.5. The van der Waals surface area contributed by atoms with E-state index in [9.17, 15) is 4.79 Å². The molecular formula is C12H17NO3. The van der Waals surface area contributed by atoms with Crippen LogP contribution in [-0.2, 0) is 4.79 Å². The summed E-state index contributed by atoms with van der Waals surface area (Å²) >= 11 is 0. The number of aliphatic hydroxyl groups is 1. The highest BCUT2D eigenvalue weighted by Gasteiger charge is 2.01. The van der Waals surface area contributed by atoms with Crippen LogP contribution in [-0.4, -0.2) is 24.2 Å². The molecule has 0 spiro atoms. The lowest BCUT2D eigenvalue weighted by molar-refractivity contribution is -0.114. The van der Waals surface area contributed by atoms with Crippen LogP contribution in [0.2, 0.25) is 0 Å². The summed E-state index contributed by atoms with van der Waals surface area (Å²) in [6.07, 6.45) is 0. The number of carbonyl (C=O) groups is 1. The Morgan fingerprint density at radius 3 is 2.56 bits per heavy atom. The molecule has 0 saturated carbocycles. The van der Waals surface area contributed by atoms with Crippen LogP contribution < -0.4 is 10.1 Å². The summed E-state index contributed by atoms with van der Waals surface area (Å²) in [6, 6.07) is 7.13.